The molecule has 1 amide bonds. The zero-order valence-electron chi connectivity index (χ0n) is 17.3. The van der Waals surface area contributed by atoms with E-state index in [0.29, 0.717) is 13.1 Å². The number of nitrogens with one attached hydrogen (secondary N) is 2. The molecule has 0 aliphatic carbocycles. The minimum Gasteiger partial charge on any atom is -0.444 e. The van der Waals surface area contributed by atoms with Gasteiger partial charge in [-0.3, -0.25) is 4.68 Å². The zero-order valence-corrected chi connectivity index (χ0v) is 17.3. The van der Waals surface area contributed by atoms with Gasteiger partial charge in [-0.15, -0.1) is 0 Å². The third-order valence-corrected chi connectivity index (χ3v) is 4.43. The van der Waals surface area contributed by atoms with E-state index in [1.54, 1.807) is 6.20 Å². The van der Waals surface area contributed by atoms with Crippen LogP contribution >= 0.6 is 0 Å². The van der Waals surface area contributed by atoms with E-state index in [0.717, 1.165) is 44.0 Å². The van der Waals surface area contributed by atoms with E-state index in [4.69, 9.17) is 4.74 Å². The highest BCUT2D eigenvalue weighted by Gasteiger charge is 2.30. The first kappa shape index (κ1) is 21.1. The average molecular weight is 379 g/mol. The highest BCUT2D eigenvalue weighted by Crippen LogP contribution is 2.20. The summed E-state index contributed by atoms with van der Waals surface area (Å²) in [6, 6.07) is 2.06. The van der Waals surface area contributed by atoms with E-state index in [-0.39, 0.29) is 12.1 Å². The second-order valence-corrected chi connectivity index (χ2v) is 7.85. The number of aromatic nitrogens is 2. The van der Waals surface area contributed by atoms with Crippen molar-refractivity contribution < 1.29 is 9.53 Å². The van der Waals surface area contributed by atoms with Crippen LogP contribution in [0.5, 0.6) is 0 Å². The minimum absolute atomic E-state index is 0.106. The van der Waals surface area contributed by atoms with E-state index in [2.05, 4.69) is 20.7 Å². The van der Waals surface area contributed by atoms with Gasteiger partial charge in [0.15, 0.2) is 5.96 Å². The van der Waals surface area contributed by atoms with Crippen LogP contribution in [0, 0.1) is 0 Å². The highest BCUT2D eigenvalue weighted by atomic mass is 16.6. The number of aliphatic imine (C=N–C) groups is 1. The van der Waals surface area contributed by atoms with E-state index in [9.17, 15) is 4.79 Å². The maximum atomic E-state index is 12.5. The van der Waals surface area contributed by atoms with E-state index < -0.39 is 5.60 Å². The Balaban J connectivity index is 1.96. The predicted molar refractivity (Wildman–Crippen MR) is 107 cm³/mol. The Morgan fingerprint density at radius 1 is 1.37 bits per heavy atom. The number of aryl methyl sites for hydroxylation is 1. The lowest BCUT2D eigenvalue weighted by molar-refractivity contribution is 0.0104. The molecule has 2 heterocycles. The van der Waals surface area contributed by atoms with Crippen LogP contribution < -0.4 is 10.6 Å². The molecule has 1 unspecified atom stereocenters. The Kier molecular flexibility index (Phi) is 7.50. The van der Waals surface area contributed by atoms with Gasteiger partial charge in [0.05, 0.1) is 18.3 Å². The largest absolute Gasteiger partial charge is 0.444 e. The molecule has 27 heavy (non-hydrogen) atoms. The average Bonchev–Trinajstić information content (AvgIpc) is 3.01. The number of likely N-dealkylation sites (tertiary alicyclic amines) is 1. The Labute approximate surface area is 162 Å². The number of hydrogen-bond acceptors (Lipinski definition) is 4. The molecule has 8 nitrogen and oxygen atoms in total. The van der Waals surface area contributed by atoms with Crippen molar-refractivity contribution in [1.29, 1.82) is 0 Å². The third kappa shape index (κ3) is 6.77. The molecule has 8 heteroatoms. The summed E-state index contributed by atoms with van der Waals surface area (Å²) in [5.41, 5.74) is 0.562. The van der Waals surface area contributed by atoms with Gasteiger partial charge in [-0.25, -0.2) is 9.79 Å². The van der Waals surface area contributed by atoms with Crippen molar-refractivity contribution in [1.82, 2.24) is 25.3 Å². The lowest BCUT2D eigenvalue weighted by Gasteiger charge is -2.37. The number of nitrogens with zero attached hydrogens (tertiary/aromatic N) is 4. The molecule has 2 rings (SSSR count). The first-order chi connectivity index (χ1) is 12.8. The van der Waals surface area contributed by atoms with Gasteiger partial charge in [0.1, 0.15) is 5.60 Å². The zero-order chi connectivity index (χ0) is 19.9. The van der Waals surface area contributed by atoms with Gasteiger partial charge in [-0.1, -0.05) is 0 Å². The number of carbonyl (C=O) groups is 1. The van der Waals surface area contributed by atoms with E-state index in [1.165, 1.54) is 0 Å². The van der Waals surface area contributed by atoms with Crippen LogP contribution in [0.25, 0.3) is 0 Å². The summed E-state index contributed by atoms with van der Waals surface area (Å²) >= 11 is 0. The molecule has 1 aliphatic heterocycles. The number of rotatable bonds is 5. The van der Waals surface area contributed by atoms with Crippen molar-refractivity contribution in [2.75, 3.05) is 19.6 Å². The fourth-order valence-electron chi connectivity index (χ4n) is 3.05. The Morgan fingerprint density at radius 3 is 2.78 bits per heavy atom. The van der Waals surface area contributed by atoms with Gasteiger partial charge in [-0.05, 0) is 53.0 Å². The van der Waals surface area contributed by atoms with Gasteiger partial charge < -0.3 is 20.3 Å². The topological polar surface area (TPSA) is 83.8 Å². The predicted octanol–water partition coefficient (Wildman–Crippen LogP) is 2.26. The molecule has 152 valence electrons. The first-order valence-corrected chi connectivity index (χ1v) is 9.79. The molecule has 0 bridgehead atoms. The first-order valence-electron chi connectivity index (χ1n) is 9.79. The molecule has 1 aliphatic rings. The van der Waals surface area contributed by atoms with Gasteiger partial charge in [-0.2, -0.15) is 5.10 Å². The van der Waals surface area contributed by atoms with Gasteiger partial charge in [0, 0.05) is 32.9 Å². The molecule has 0 aromatic carbocycles. The number of carbonyl (C=O) groups excluding carboxylic acids is 1. The standard InChI is InChI=1S/C19H34N6O2/c1-6-20-17(21-13-15-10-11-23-24(15)5)22-14-16-9-7-8-12-25(16)18(26)27-19(2,3)4/h10-11,16H,6-9,12-14H2,1-5H3,(H2,20,21,22). The second-order valence-electron chi connectivity index (χ2n) is 7.85. The Bertz CT molecular complexity index is 634. The number of piperidine rings is 1. The normalized spacial score (nSPS) is 18.3. The summed E-state index contributed by atoms with van der Waals surface area (Å²) in [4.78, 5) is 19.0. The van der Waals surface area contributed by atoms with Crippen LogP contribution in [0.4, 0.5) is 4.79 Å². The molecule has 0 spiro atoms. The summed E-state index contributed by atoms with van der Waals surface area (Å²) in [6.45, 7) is 10.4. The molecule has 1 atom stereocenters. The molecule has 1 saturated heterocycles. The summed E-state index contributed by atoms with van der Waals surface area (Å²) in [7, 11) is 1.91. The van der Waals surface area contributed by atoms with Crippen LogP contribution in [-0.2, 0) is 18.3 Å². The number of ether oxygens (including phenoxy) is 1. The molecule has 0 radical (unpaired) electrons. The van der Waals surface area contributed by atoms with Crippen molar-refractivity contribution >= 4 is 12.1 Å². The fraction of sp³-hybridized carbons (Fsp3) is 0.737. The minimum atomic E-state index is -0.480. The van der Waals surface area contributed by atoms with Crippen molar-refractivity contribution in [2.24, 2.45) is 12.0 Å². The van der Waals surface area contributed by atoms with Crippen LogP contribution in [0.3, 0.4) is 0 Å². The lowest BCUT2D eigenvalue weighted by atomic mass is 10.0. The molecule has 2 N–H and O–H groups in total. The van der Waals surface area contributed by atoms with Gasteiger partial charge in [0.25, 0.3) is 0 Å². The maximum Gasteiger partial charge on any atom is 0.410 e. The third-order valence-electron chi connectivity index (χ3n) is 4.43. The summed E-state index contributed by atoms with van der Waals surface area (Å²) in [5, 5.41) is 10.8. The van der Waals surface area contributed by atoms with Crippen LogP contribution in [0.1, 0.15) is 52.7 Å². The van der Waals surface area contributed by atoms with Gasteiger partial charge >= 0.3 is 6.09 Å². The van der Waals surface area contributed by atoms with Crippen molar-refractivity contribution in [3.05, 3.63) is 18.0 Å². The van der Waals surface area contributed by atoms with Gasteiger partial charge in [0.2, 0.25) is 0 Å². The summed E-state index contributed by atoms with van der Waals surface area (Å²) < 4.78 is 7.39. The van der Waals surface area contributed by atoms with Crippen molar-refractivity contribution in [3.63, 3.8) is 0 Å². The fourth-order valence-corrected chi connectivity index (χ4v) is 3.05. The molecular weight excluding hydrogens is 344 g/mol. The number of hydrogen-bond donors (Lipinski definition) is 2. The van der Waals surface area contributed by atoms with Crippen LogP contribution in [0.15, 0.2) is 17.3 Å². The summed E-state index contributed by atoms with van der Waals surface area (Å²) in [5.74, 6) is 0.744. The van der Waals surface area contributed by atoms with Crippen LogP contribution in [0.2, 0.25) is 0 Å². The highest BCUT2D eigenvalue weighted by molar-refractivity contribution is 5.79. The van der Waals surface area contributed by atoms with E-state index in [1.807, 2.05) is 50.4 Å². The van der Waals surface area contributed by atoms with Crippen molar-refractivity contribution in [2.45, 2.75) is 65.1 Å². The Morgan fingerprint density at radius 2 is 2.15 bits per heavy atom. The quantitative estimate of drug-likeness (QED) is 0.607. The smallest absolute Gasteiger partial charge is 0.410 e. The van der Waals surface area contributed by atoms with E-state index >= 15 is 0 Å². The summed E-state index contributed by atoms with van der Waals surface area (Å²) in [6.07, 6.45) is 4.64. The second kappa shape index (κ2) is 9.62. The molecule has 0 saturated carbocycles. The molecule has 1 aromatic rings. The molecular formula is C19H34N6O2. The number of guanidine groups is 1. The SMILES string of the molecule is CCNC(=NCc1ccnn1C)NCC1CCCCN1C(=O)OC(C)(C)C. The van der Waals surface area contributed by atoms with Crippen molar-refractivity contribution in [3.8, 4) is 0 Å². The Hall–Kier alpha value is -2.25. The number of amides is 1. The maximum absolute atomic E-state index is 12.5. The molecule has 1 fully saturated rings. The van der Waals surface area contributed by atoms with Crippen LogP contribution in [-0.4, -0.2) is 58.0 Å². The monoisotopic (exact) mass is 378 g/mol. The lowest BCUT2D eigenvalue weighted by Crippen LogP contribution is -2.52. The molecule has 1 aromatic heterocycles.